The van der Waals surface area contributed by atoms with Crippen LogP contribution in [-0.4, -0.2) is 28.8 Å². The third-order valence-electron chi connectivity index (χ3n) is 3.39. The smallest absolute Gasteiger partial charge is 0.230 e. The van der Waals surface area contributed by atoms with Gasteiger partial charge in [-0.05, 0) is 12.0 Å². The van der Waals surface area contributed by atoms with Crippen molar-refractivity contribution in [3.8, 4) is 0 Å². The van der Waals surface area contributed by atoms with E-state index < -0.39 is 0 Å². The Balaban J connectivity index is 2.32. The maximum absolute atomic E-state index is 11.8. The maximum Gasteiger partial charge on any atom is 0.230 e. The normalized spacial score (nSPS) is 22.5. The molecule has 6 heteroatoms. The largest absolute Gasteiger partial charge is 0.310 e. The molecule has 0 saturated heterocycles. The van der Waals surface area contributed by atoms with Gasteiger partial charge >= 0.3 is 0 Å². The Bertz CT molecular complexity index is 552. The molecule has 1 amide bonds. The molecule has 0 fully saturated rings. The number of aliphatic imine (C=N–C) groups is 1. The molecule has 0 spiro atoms. The molecule has 2 heterocycles. The lowest BCUT2D eigenvalue weighted by Crippen LogP contribution is -2.31. The van der Waals surface area contributed by atoms with Crippen LogP contribution >= 0.6 is 0 Å². The van der Waals surface area contributed by atoms with Crippen LogP contribution in [0.15, 0.2) is 23.8 Å². The molecule has 1 aliphatic heterocycles. The summed E-state index contributed by atoms with van der Waals surface area (Å²) in [6.07, 6.45) is 3.31. The van der Waals surface area contributed by atoms with Crippen LogP contribution in [0.2, 0.25) is 0 Å². The maximum atomic E-state index is 11.8. The van der Waals surface area contributed by atoms with Gasteiger partial charge in [-0.3, -0.25) is 9.79 Å². The van der Waals surface area contributed by atoms with E-state index >= 15 is 0 Å². The number of carbonyl (C=O) groups excluding carboxylic acids is 1. The predicted octanol–water partition coefficient (Wildman–Crippen LogP) is 1.79. The van der Waals surface area contributed by atoms with Gasteiger partial charge in [-0.2, -0.15) is 4.98 Å². The number of anilines is 2. The van der Waals surface area contributed by atoms with Crippen LogP contribution in [0.3, 0.4) is 0 Å². The van der Waals surface area contributed by atoms with E-state index in [1.807, 2.05) is 13.8 Å². The number of nitrogens with zero attached hydrogens (tertiary/aromatic N) is 3. The average Bonchev–Trinajstić information content (AvgIpc) is 2.42. The summed E-state index contributed by atoms with van der Waals surface area (Å²) in [6.45, 7) is 7.53. The van der Waals surface area contributed by atoms with E-state index in [1.54, 1.807) is 19.3 Å². The van der Waals surface area contributed by atoms with Crippen molar-refractivity contribution in [1.29, 1.82) is 0 Å². The highest BCUT2D eigenvalue weighted by Gasteiger charge is 2.30. The van der Waals surface area contributed by atoms with Crippen LogP contribution in [0, 0.1) is 5.92 Å². The highest BCUT2D eigenvalue weighted by molar-refractivity contribution is 6.02. The minimum atomic E-state index is -0.0733. The van der Waals surface area contributed by atoms with E-state index in [9.17, 15) is 4.79 Å². The van der Waals surface area contributed by atoms with Crippen LogP contribution < -0.4 is 10.6 Å². The molecule has 0 bridgehead atoms. The predicted molar refractivity (Wildman–Crippen MR) is 75.4 cm³/mol. The first kappa shape index (κ1) is 13.2. The summed E-state index contributed by atoms with van der Waals surface area (Å²) in [5.74, 6) is 1.54. The second-order valence-electron chi connectivity index (χ2n) is 4.50. The topological polar surface area (TPSA) is 79.3 Å². The van der Waals surface area contributed by atoms with E-state index in [0.717, 1.165) is 5.56 Å². The van der Waals surface area contributed by atoms with Crippen molar-refractivity contribution in [1.82, 2.24) is 9.97 Å². The Hall–Kier alpha value is -2.24. The fraction of sp³-hybridized carbons (Fsp3) is 0.385. The summed E-state index contributed by atoms with van der Waals surface area (Å²) in [7, 11) is 1.65. The minimum absolute atomic E-state index is 0.0160. The van der Waals surface area contributed by atoms with Crippen molar-refractivity contribution in [3.63, 3.8) is 0 Å². The molecule has 6 nitrogen and oxygen atoms in total. The van der Waals surface area contributed by atoms with Crippen LogP contribution in [0.25, 0.3) is 0 Å². The van der Waals surface area contributed by atoms with Gasteiger partial charge in [-0.25, -0.2) is 4.98 Å². The fourth-order valence-corrected chi connectivity index (χ4v) is 1.92. The van der Waals surface area contributed by atoms with Gasteiger partial charge < -0.3 is 10.6 Å². The second kappa shape index (κ2) is 5.17. The molecular weight excluding hydrogens is 242 g/mol. The zero-order valence-electron chi connectivity index (χ0n) is 11.3. The summed E-state index contributed by atoms with van der Waals surface area (Å²) < 4.78 is 0. The Kier molecular flexibility index (Phi) is 3.59. The number of nitrogens with one attached hydrogen (secondary N) is 2. The number of carbonyl (C=O) groups is 1. The number of rotatable bonds is 2. The number of hydrogen-bond acceptors (Lipinski definition) is 4. The summed E-state index contributed by atoms with van der Waals surface area (Å²) in [4.78, 5) is 24.3. The number of hydrogen-bond donors (Lipinski definition) is 2. The molecule has 0 saturated carbocycles. The molecule has 0 aromatic carbocycles. The first-order chi connectivity index (χ1) is 9.06. The molecule has 1 aromatic rings. The van der Waals surface area contributed by atoms with Gasteiger partial charge in [0.1, 0.15) is 11.7 Å². The van der Waals surface area contributed by atoms with Crippen LogP contribution in [0.5, 0.6) is 0 Å². The van der Waals surface area contributed by atoms with Crippen LogP contribution in [0.1, 0.15) is 25.3 Å². The molecule has 1 aromatic heterocycles. The van der Waals surface area contributed by atoms with Crippen molar-refractivity contribution < 1.29 is 4.79 Å². The summed E-state index contributed by atoms with van der Waals surface area (Å²) in [5, 5.41) is 5.72. The third-order valence-corrected chi connectivity index (χ3v) is 3.39. The van der Waals surface area contributed by atoms with E-state index in [1.165, 1.54) is 0 Å². The van der Waals surface area contributed by atoms with E-state index in [4.69, 9.17) is 0 Å². The molecule has 2 atom stereocenters. The third kappa shape index (κ3) is 2.47. The van der Waals surface area contributed by atoms with Gasteiger partial charge in [0.2, 0.25) is 11.9 Å². The highest BCUT2D eigenvalue weighted by Crippen LogP contribution is 2.34. The Labute approximate surface area is 112 Å². The first-order valence-electron chi connectivity index (χ1n) is 6.10. The molecule has 100 valence electrons. The fourth-order valence-electron chi connectivity index (χ4n) is 1.92. The van der Waals surface area contributed by atoms with Gasteiger partial charge in [0.15, 0.2) is 0 Å². The van der Waals surface area contributed by atoms with Gasteiger partial charge in [-0.15, -0.1) is 0 Å². The first-order valence-corrected chi connectivity index (χ1v) is 6.10. The molecule has 1 aliphatic rings. The quantitative estimate of drug-likeness (QED) is 0.627. The Morgan fingerprint density at radius 3 is 2.89 bits per heavy atom. The lowest BCUT2D eigenvalue weighted by molar-refractivity contribution is -0.120. The minimum Gasteiger partial charge on any atom is -0.310 e. The summed E-state index contributed by atoms with van der Waals surface area (Å²) >= 11 is 0. The van der Waals surface area contributed by atoms with Gasteiger partial charge in [-0.1, -0.05) is 20.4 Å². The average molecular weight is 259 g/mol. The number of amidine groups is 1. The molecule has 19 heavy (non-hydrogen) atoms. The van der Waals surface area contributed by atoms with Gasteiger partial charge in [0.25, 0.3) is 0 Å². The molecular formula is C13H17N5O. The number of amides is 1. The van der Waals surface area contributed by atoms with Gasteiger partial charge in [0, 0.05) is 24.7 Å². The Morgan fingerprint density at radius 2 is 2.26 bits per heavy atom. The Morgan fingerprint density at radius 1 is 1.53 bits per heavy atom. The van der Waals surface area contributed by atoms with Crippen LogP contribution in [0.4, 0.5) is 11.8 Å². The van der Waals surface area contributed by atoms with Crippen molar-refractivity contribution in [2.75, 3.05) is 17.7 Å². The summed E-state index contributed by atoms with van der Waals surface area (Å²) in [5.41, 5.74) is 0.950. The summed E-state index contributed by atoms with van der Waals surface area (Å²) in [6, 6.07) is 0. The zero-order chi connectivity index (χ0) is 14.0. The van der Waals surface area contributed by atoms with Crippen LogP contribution in [-0.2, 0) is 4.79 Å². The monoisotopic (exact) mass is 259 g/mol. The lowest BCUT2D eigenvalue weighted by Gasteiger charge is -2.27. The van der Waals surface area contributed by atoms with Crippen molar-refractivity contribution in [2.45, 2.75) is 19.8 Å². The van der Waals surface area contributed by atoms with E-state index in [0.29, 0.717) is 17.6 Å². The van der Waals surface area contributed by atoms with E-state index in [-0.39, 0.29) is 17.7 Å². The van der Waals surface area contributed by atoms with Crippen molar-refractivity contribution in [3.05, 3.63) is 24.4 Å². The number of aromatic nitrogens is 2. The van der Waals surface area contributed by atoms with Gasteiger partial charge in [0.05, 0.1) is 0 Å². The zero-order valence-corrected chi connectivity index (χ0v) is 11.3. The highest BCUT2D eigenvalue weighted by atomic mass is 16.2. The van der Waals surface area contributed by atoms with Crippen molar-refractivity contribution >= 4 is 23.5 Å². The second-order valence-corrected chi connectivity index (χ2v) is 4.50. The lowest BCUT2D eigenvalue weighted by atomic mass is 9.86. The standard InChI is InChI=1S/C13H17N5O/c1-5-10(14-4)16-13-15-6-9-7(2)8(3)12(19)17-11(9)18-13/h5-8H,1H2,2-4H3,(H2,14,15,16,17,18,19). The van der Waals surface area contributed by atoms with Crippen molar-refractivity contribution in [2.24, 2.45) is 10.9 Å². The SMILES string of the molecule is C=CC(=NC)Nc1ncc2c(n1)NC(=O)C(C)C2C. The van der Waals surface area contributed by atoms with E-state index in [2.05, 4.69) is 32.2 Å². The molecule has 2 N–H and O–H groups in total. The molecule has 2 unspecified atom stereocenters. The molecule has 0 radical (unpaired) electrons. The number of fused-ring (bicyclic) bond motifs is 1. The molecule has 0 aliphatic carbocycles. The molecule has 2 rings (SSSR count).